The second-order valence-electron chi connectivity index (χ2n) is 3.80. The van der Waals surface area contributed by atoms with E-state index in [0.29, 0.717) is 23.4 Å². The van der Waals surface area contributed by atoms with E-state index in [0.717, 1.165) is 6.07 Å². The molecule has 3 N–H and O–H groups in total. The highest BCUT2D eigenvalue weighted by atomic mass is 19.1. The molecule has 2 rings (SSSR count). The lowest BCUT2D eigenvalue weighted by Crippen LogP contribution is -2.14. The van der Waals surface area contributed by atoms with Gasteiger partial charge < -0.3 is 15.5 Å². The number of aryl methyl sites for hydroxylation is 1. The zero-order chi connectivity index (χ0) is 13.1. The lowest BCUT2D eigenvalue weighted by atomic mass is 10.2. The zero-order valence-corrected chi connectivity index (χ0v) is 9.87. The Balaban J connectivity index is 2.21. The lowest BCUT2D eigenvalue weighted by molar-refractivity contribution is 0.102. The second-order valence-corrected chi connectivity index (χ2v) is 3.80. The summed E-state index contributed by atoms with van der Waals surface area (Å²) < 4.78 is 18.0. The fraction of sp³-hybridized carbons (Fsp3) is 0.154. The number of nitrogens with two attached hydrogens (primary N) is 1. The first kappa shape index (κ1) is 12.2. The van der Waals surface area contributed by atoms with Crippen LogP contribution in [0.3, 0.4) is 0 Å². The Bertz CT molecular complexity index is 578. The molecule has 0 aliphatic heterocycles. The van der Waals surface area contributed by atoms with Crippen LogP contribution in [0, 0.1) is 5.82 Å². The van der Waals surface area contributed by atoms with Gasteiger partial charge in [-0.05, 0) is 24.3 Å². The topological polar surface area (TPSA) is 68.3 Å². The van der Waals surface area contributed by atoms with E-state index >= 15 is 0 Å². The number of amides is 1. The Labute approximate surface area is 104 Å². The van der Waals surface area contributed by atoms with Gasteiger partial charge in [0, 0.05) is 6.42 Å². The molecule has 0 aliphatic rings. The Kier molecular flexibility index (Phi) is 3.32. The van der Waals surface area contributed by atoms with E-state index in [9.17, 15) is 9.18 Å². The predicted molar refractivity (Wildman–Crippen MR) is 66.9 cm³/mol. The van der Waals surface area contributed by atoms with Gasteiger partial charge in [0.05, 0.1) is 23.2 Å². The van der Waals surface area contributed by atoms with Crippen LogP contribution in [0.5, 0.6) is 0 Å². The SMILES string of the molecule is CCc1occc1C(=O)Nc1ccc(F)cc1N. The molecule has 1 aromatic heterocycles. The van der Waals surface area contributed by atoms with E-state index in [1.165, 1.54) is 18.4 Å². The smallest absolute Gasteiger partial charge is 0.259 e. The zero-order valence-electron chi connectivity index (χ0n) is 9.87. The third-order valence-corrected chi connectivity index (χ3v) is 2.57. The van der Waals surface area contributed by atoms with Crippen LogP contribution in [0.4, 0.5) is 15.8 Å². The van der Waals surface area contributed by atoms with E-state index in [2.05, 4.69) is 5.32 Å². The quantitative estimate of drug-likeness (QED) is 0.820. The van der Waals surface area contributed by atoms with Crippen LogP contribution in [-0.2, 0) is 6.42 Å². The number of carbonyl (C=O) groups is 1. The first-order valence-corrected chi connectivity index (χ1v) is 5.54. The number of nitrogens with one attached hydrogen (secondary N) is 1. The molecule has 0 atom stereocenters. The summed E-state index contributed by atoms with van der Waals surface area (Å²) in [6.07, 6.45) is 2.08. The fourth-order valence-corrected chi connectivity index (χ4v) is 1.65. The van der Waals surface area contributed by atoms with Crippen molar-refractivity contribution >= 4 is 17.3 Å². The molecule has 1 aromatic carbocycles. The minimum atomic E-state index is -0.442. The number of furan rings is 1. The standard InChI is InChI=1S/C13H13FN2O2/c1-2-12-9(5-6-18-12)13(17)16-11-4-3-8(14)7-10(11)15/h3-7H,2,15H2,1H3,(H,16,17). The summed E-state index contributed by atoms with van der Waals surface area (Å²) in [6.45, 7) is 1.89. The van der Waals surface area contributed by atoms with Gasteiger partial charge in [0.25, 0.3) is 5.91 Å². The maximum Gasteiger partial charge on any atom is 0.259 e. The fourth-order valence-electron chi connectivity index (χ4n) is 1.65. The van der Waals surface area contributed by atoms with Gasteiger partial charge in [-0.3, -0.25) is 4.79 Å². The van der Waals surface area contributed by atoms with E-state index in [1.54, 1.807) is 6.07 Å². The highest BCUT2D eigenvalue weighted by molar-refractivity contribution is 6.06. The van der Waals surface area contributed by atoms with Crippen molar-refractivity contribution < 1.29 is 13.6 Å². The van der Waals surface area contributed by atoms with Gasteiger partial charge in [0.1, 0.15) is 11.6 Å². The van der Waals surface area contributed by atoms with Crippen molar-refractivity contribution in [3.05, 3.63) is 47.7 Å². The van der Waals surface area contributed by atoms with Crippen LogP contribution >= 0.6 is 0 Å². The molecule has 94 valence electrons. The van der Waals surface area contributed by atoms with E-state index < -0.39 is 5.82 Å². The molecule has 5 heteroatoms. The van der Waals surface area contributed by atoms with Crippen LogP contribution in [0.25, 0.3) is 0 Å². The highest BCUT2D eigenvalue weighted by Gasteiger charge is 2.14. The molecule has 18 heavy (non-hydrogen) atoms. The number of benzene rings is 1. The Morgan fingerprint density at radius 1 is 1.44 bits per heavy atom. The number of carbonyl (C=O) groups excluding carboxylic acids is 1. The summed E-state index contributed by atoms with van der Waals surface area (Å²) in [4.78, 5) is 12.0. The number of rotatable bonds is 3. The Morgan fingerprint density at radius 2 is 2.22 bits per heavy atom. The average molecular weight is 248 g/mol. The van der Waals surface area contributed by atoms with Gasteiger partial charge in [-0.15, -0.1) is 0 Å². The molecule has 0 saturated heterocycles. The molecule has 0 radical (unpaired) electrons. The van der Waals surface area contributed by atoms with Crippen molar-refractivity contribution in [1.29, 1.82) is 0 Å². The molecule has 0 unspecified atom stereocenters. The van der Waals surface area contributed by atoms with Crippen LogP contribution in [0.15, 0.2) is 34.9 Å². The molecule has 4 nitrogen and oxygen atoms in total. The third-order valence-electron chi connectivity index (χ3n) is 2.57. The Hall–Kier alpha value is -2.30. The summed E-state index contributed by atoms with van der Waals surface area (Å²) >= 11 is 0. The summed E-state index contributed by atoms with van der Waals surface area (Å²) in [5.74, 6) is -0.157. The van der Waals surface area contributed by atoms with Gasteiger partial charge in [0.15, 0.2) is 0 Å². The molecule has 0 aliphatic carbocycles. The third kappa shape index (κ3) is 2.34. The molecular formula is C13H13FN2O2. The summed E-state index contributed by atoms with van der Waals surface area (Å²) in [6, 6.07) is 5.41. The van der Waals surface area contributed by atoms with Crippen molar-refractivity contribution in [3.8, 4) is 0 Å². The molecule has 0 bridgehead atoms. The van der Waals surface area contributed by atoms with Gasteiger partial charge in [0.2, 0.25) is 0 Å². The van der Waals surface area contributed by atoms with Crippen molar-refractivity contribution in [1.82, 2.24) is 0 Å². The van der Waals surface area contributed by atoms with Crippen molar-refractivity contribution in [2.24, 2.45) is 0 Å². The summed E-state index contributed by atoms with van der Waals surface area (Å²) in [5, 5.41) is 2.62. The summed E-state index contributed by atoms with van der Waals surface area (Å²) in [5.41, 5.74) is 6.64. The highest BCUT2D eigenvalue weighted by Crippen LogP contribution is 2.21. The number of anilines is 2. The summed E-state index contributed by atoms with van der Waals surface area (Å²) in [7, 11) is 0. The van der Waals surface area contributed by atoms with Gasteiger partial charge in [-0.1, -0.05) is 6.92 Å². The molecule has 0 fully saturated rings. The van der Waals surface area contributed by atoms with Crippen molar-refractivity contribution in [2.75, 3.05) is 11.1 Å². The predicted octanol–water partition coefficient (Wildman–Crippen LogP) is 2.82. The van der Waals surface area contributed by atoms with Crippen LogP contribution < -0.4 is 11.1 Å². The van der Waals surface area contributed by atoms with Crippen LogP contribution in [0.1, 0.15) is 23.0 Å². The maximum absolute atomic E-state index is 12.9. The molecule has 0 saturated carbocycles. The lowest BCUT2D eigenvalue weighted by Gasteiger charge is -2.07. The largest absolute Gasteiger partial charge is 0.469 e. The van der Waals surface area contributed by atoms with Gasteiger partial charge in [-0.2, -0.15) is 0 Å². The number of hydrogen-bond acceptors (Lipinski definition) is 3. The van der Waals surface area contributed by atoms with E-state index in [-0.39, 0.29) is 11.6 Å². The van der Waals surface area contributed by atoms with E-state index in [1.807, 2.05) is 6.92 Å². The van der Waals surface area contributed by atoms with E-state index in [4.69, 9.17) is 10.2 Å². The number of hydrogen-bond donors (Lipinski definition) is 2. The second kappa shape index (κ2) is 4.91. The molecule has 0 spiro atoms. The molecule has 1 amide bonds. The number of halogens is 1. The van der Waals surface area contributed by atoms with Crippen molar-refractivity contribution in [3.63, 3.8) is 0 Å². The molecular weight excluding hydrogens is 235 g/mol. The minimum absolute atomic E-state index is 0.185. The molecule has 1 heterocycles. The maximum atomic E-state index is 12.9. The average Bonchev–Trinajstić information content (AvgIpc) is 2.81. The monoisotopic (exact) mass is 248 g/mol. The van der Waals surface area contributed by atoms with Gasteiger partial charge in [-0.25, -0.2) is 4.39 Å². The Morgan fingerprint density at radius 3 is 2.89 bits per heavy atom. The first-order valence-electron chi connectivity index (χ1n) is 5.54. The van der Waals surface area contributed by atoms with Crippen molar-refractivity contribution in [2.45, 2.75) is 13.3 Å². The first-order chi connectivity index (χ1) is 8.61. The van der Waals surface area contributed by atoms with Gasteiger partial charge >= 0.3 is 0 Å². The minimum Gasteiger partial charge on any atom is -0.469 e. The van der Waals surface area contributed by atoms with Crippen LogP contribution in [-0.4, -0.2) is 5.91 Å². The normalized spacial score (nSPS) is 10.3. The number of nitrogen functional groups attached to an aromatic ring is 1. The van der Waals surface area contributed by atoms with Crippen LogP contribution in [0.2, 0.25) is 0 Å². The molecule has 2 aromatic rings.